The van der Waals surface area contributed by atoms with Gasteiger partial charge in [-0.2, -0.15) is 0 Å². The van der Waals surface area contributed by atoms with Gasteiger partial charge >= 0.3 is 6.09 Å². The minimum atomic E-state index is -0.535. The van der Waals surface area contributed by atoms with Crippen molar-refractivity contribution in [2.24, 2.45) is 5.92 Å². The number of nitrogens with zero attached hydrogens (tertiary/aromatic N) is 1. The summed E-state index contributed by atoms with van der Waals surface area (Å²) in [6.45, 7) is 5.98. The predicted octanol–water partition coefficient (Wildman–Crippen LogP) is 3.57. The number of hydrogen-bond acceptors (Lipinski definition) is 3. The van der Waals surface area contributed by atoms with E-state index in [0.29, 0.717) is 6.54 Å². The van der Waals surface area contributed by atoms with Crippen molar-refractivity contribution in [2.75, 3.05) is 6.54 Å². The summed E-state index contributed by atoms with van der Waals surface area (Å²) in [7, 11) is 0. The number of amides is 1. The van der Waals surface area contributed by atoms with Crippen LogP contribution in [0.4, 0.5) is 4.79 Å². The van der Waals surface area contributed by atoms with Crippen LogP contribution >= 0.6 is 0 Å². The fraction of sp³-hybridized carbons (Fsp3) is 0.529. The molecular weight excluding hydrogens is 266 g/mol. The van der Waals surface area contributed by atoms with E-state index in [0.717, 1.165) is 24.7 Å². The number of hydrogen-bond donors (Lipinski definition) is 0. The van der Waals surface area contributed by atoms with Gasteiger partial charge < -0.3 is 14.4 Å². The van der Waals surface area contributed by atoms with Crippen LogP contribution in [-0.4, -0.2) is 29.4 Å². The number of ether oxygens (including phenoxy) is 1. The Labute approximate surface area is 126 Å². The van der Waals surface area contributed by atoms with E-state index in [1.807, 2.05) is 51.1 Å². The van der Waals surface area contributed by atoms with Crippen LogP contribution in [0.3, 0.4) is 0 Å². The quantitative estimate of drug-likeness (QED) is 0.782. The van der Waals surface area contributed by atoms with Crippen molar-refractivity contribution in [3.63, 3.8) is 0 Å². The van der Waals surface area contributed by atoms with Gasteiger partial charge in [-0.3, -0.25) is 0 Å². The summed E-state index contributed by atoms with van der Waals surface area (Å²) in [5.74, 6) is -0.0996. The third kappa shape index (κ3) is 4.06. The third-order valence-electron chi connectivity index (χ3n) is 3.62. The van der Waals surface area contributed by atoms with E-state index in [1.165, 1.54) is 0 Å². The van der Waals surface area contributed by atoms with E-state index in [-0.39, 0.29) is 18.1 Å². The molecule has 114 valence electrons. The average Bonchev–Trinajstić information content (AvgIpc) is 2.45. The Morgan fingerprint density at radius 2 is 1.90 bits per heavy atom. The lowest BCUT2D eigenvalue weighted by Gasteiger charge is -2.39. The second kappa shape index (κ2) is 6.29. The lowest BCUT2D eigenvalue weighted by atomic mass is 9.90. The highest BCUT2D eigenvalue weighted by molar-refractivity contribution is 5.70. The zero-order valence-electron chi connectivity index (χ0n) is 12.9. The molecule has 1 aromatic carbocycles. The van der Waals surface area contributed by atoms with Crippen molar-refractivity contribution in [3.05, 3.63) is 35.9 Å². The normalized spacial score (nSPS) is 22.7. The van der Waals surface area contributed by atoms with E-state index in [4.69, 9.17) is 4.74 Å². The second-order valence-electron chi connectivity index (χ2n) is 6.53. The van der Waals surface area contributed by atoms with Crippen LogP contribution < -0.4 is 0 Å². The molecule has 1 amide bonds. The zero-order chi connectivity index (χ0) is 15.5. The van der Waals surface area contributed by atoms with Crippen molar-refractivity contribution < 1.29 is 14.3 Å². The van der Waals surface area contributed by atoms with E-state index >= 15 is 0 Å². The highest BCUT2D eigenvalue weighted by Gasteiger charge is 2.34. The number of rotatable bonds is 2. The van der Waals surface area contributed by atoms with Gasteiger partial charge in [0.1, 0.15) is 11.9 Å². The molecule has 2 unspecified atom stereocenters. The standard InChI is InChI=1S/C17H23NO3/c1-17(2,3)21-16(20)18-11-13(12-19)9-10-15(18)14-7-5-4-6-8-14/h4-8,12-13,15H,9-11H2,1-3H3. The summed E-state index contributed by atoms with van der Waals surface area (Å²) < 4.78 is 5.49. The fourth-order valence-electron chi connectivity index (χ4n) is 2.65. The van der Waals surface area contributed by atoms with Gasteiger partial charge in [-0.1, -0.05) is 30.3 Å². The van der Waals surface area contributed by atoms with Gasteiger partial charge in [-0.15, -0.1) is 0 Å². The van der Waals surface area contributed by atoms with Crippen LogP contribution in [0, 0.1) is 5.92 Å². The molecular formula is C17H23NO3. The first-order valence-corrected chi connectivity index (χ1v) is 7.40. The largest absolute Gasteiger partial charge is 0.444 e. The molecule has 0 N–H and O–H groups in total. The molecule has 1 heterocycles. The number of piperidine rings is 1. The van der Waals surface area contributed by atoms with Crippen molar-refractivity contribution >= 4 is 12.4 Å². The molecule has 0 bridgehead atoms. The van der Waals surface area contributed by atoms with Crippen molar-refractivity contribution in [1.82, 2.24) is 4.90 Å². The van der Waals surface area contributed by atoms with Crippen LogP contribution in [0.1, 0.15) is 45.2 Å². The molecule has 0 aliphatic carbocycles. The maximum Gasteiger partial charge on any atom is 0.410 e. The molecule has 1 saturated heterocycles. The Morgan fingerprint density at radius 3 is 2.48 bits per heavy atom. The Kier molecular flexibility index (Phi) is 4.66. The summed E-state index contributed by atoms with van der Waals surface area (Å²) in [5, 5.41) is 0. The van der Waals surface area contributed by atoms with Gasteiger partial charge in [-0.05, 0) is 39.2 Å². The first-order chi connectivity index (χ1) is 9.90. The topological polar surface area (TPSA) is 46.6 Å². The first-order valence-electron chi connectivity index (χ1n) is 7.40. The fourth-order valence-corrected chi connectivity index (χ4v) is 2.65. The Balaban J connectivity index is 2.21. The van der Waals surface area contributed by atoms with Crippen LogP contribution in [0.2, 0.25) is 0 Å². The van der Waals surface area contributed by atoms with Gasteiger partial charge in [0.15, 0.2) is 0 Å². The van der Waals surface area contributed by atoms with Crippen LogP contribution in [0.5, 0.6) is 0 Å². The number of carbonyl (C=O) groups is 2. The summed E-state index contributed by atoms with van der Waals surface area (Å²) in [6.07, 6.45) is 2.19. The maximum absolute atomic E-state index is 12.4. The molecule has 1 fully saturated rings. The molecule has 2 atom stereocenters. The third-order valence-corrected chi connectivity index (χ3v) is 3.62. The average molecular weight is 289 g/mol. The molecule has 21 heavy (non-hydrogen) atoms. The Bertz CT molecular complexity index is 493. The molecule has 0 saturated carbocycles. The monoisotopic (exact) mass is 289 g/mol. The molecule has 1 aliphatic heterocycles. The van der Waals surface area contributed by atoms with Crippen LogP contribution in [0.25, 0.3) is 0 Å². The van der Waals surface area contributed by atoms with Gasteiger partial charge in [-0.25, -0.2) is 4.79 Å². The lowest BCUT2D eigenvalue weighted by Crippen LogP contribution is -2.45. The minimum absolute atomic E-state index is 0.0164. The summed E-state index contributed by atoms with van der Waals surface area (Å²) in [4.78, 5) is 25.2. The van der Waals surface area contributed by atoms with Gasteiger partial charge in [0.05, 0.1) is 6.04 Å². The Morgan fingerprint density at radius 1 is 1.24 bits per heavy atom. The van der Waals surface area contributed by atoms with Gasteiger partial charge in [0.2, 0.25) is 0 Å². The summed E-state index contributed by atoms with van der Waals surface area (Å²) in [5.41, 5.74) is 0.555. The summed E-state index contributed by atoms with van der Waals surface area (Å²) in [6, 6.07) is 9.91. The highest BCUT2D eigenvalue weighted by atomic mass is 16.6. The van der Waals surface area contributed by atoms with Crippen molar-refractivity contribution in [1.29, 1.82) is 0 Å². The zero-order valence-corrected chi connectivity index (χ0v) is 12.9. The highest BCUT2D eigenvalue weighted by Crippen LogP contribution is 2.33. The maximum atomic E-state index is 12.4. The SMILES string of the molecule is CC(C)(C)OC(=O)N1CC(C=O)CCC1c1ccccc1. The van der Waals surface area contributed by atoms with Gasteiger partial charge in [0, 0.05) is 12.5 Å². The molecule has 4 nitrogen and oxygen atoms in total. The molecule has 1 aliphatic rings. The smallest absolute Gasteiger partial charge is 0.410 e. The number of aldehydes is 1. The molecule has 0 spiro atoms. The number of likely N-dealkylation sites (tertiary alicyclic amines) is 1. The Hall–Kier alpha value is -1.84. The van der Waals surface area contributed by atoms with Crippen LogP contribution in [-0.2, 0) is 9.53 Å². The number of benzene rings is 1. The minimum Gasteiger partial charge on any atom is -0.444 e. The van der Waals surface area contributed by atoms with E-state index in [2.05, 4.69) is 0 Å². The number of carbonyl (C=O) groups excluding carboxylic acids is 2. The molecule has 0 aromatic heterocycles. The van der Waals surface area contributed by atoms with Crippen LogP contribution in [0.15, 0.2) is 30.3 Å². The molecule has 2 rings (SSSR count). The summed E-state index contributed by atoms with van der Waals surface area (Å²) >= 11 is 0. The molecule has 4 heteroatoms. The lowest BCUT2D eigenvalue weighted by molar-refractivity contribution is -0.113. The van der Waals surface area contributed by atoms with E-state index < -0.39 is 5.60 Å². The van der Waals surface area contributed by atoms with Crippen molar-refractivity contribution in [3.8, 4) is 0 Å². The van der Waals surface area contributed by atoms with E-state index in [9.17, 15) is 9.59 Å². The second-order valence-corrected chi connectivity index (χ2v) is 6.53. The molecule has 0 radical (unpaired) electrons. The first kappa shape index (κ1) is 15.5. The predicted molar refractivity (Wildman–Crippen MR) is 80.9 cm³/mol. The van der Waals surface area contributed by atoms with E-state index in [1.54, 1.807) is 4.90 Å². The molecule has 1 aromatic rings. The van der Waals surface area contributed by atoms with Gasteiger partial charge in [0.25, 0.3) is 0 Å². The van der Waals surface area contributed by atoms with Crippen molar-refractivity contribution in [2.45, 2.75) is 45.3 Å².